The van der Waals surface area contributed by atoms with Gasteiger partial charge in [0.25, 0.3) is 0 Å². The number of rotatable bonds is 9. The number of amides is 2. The molecule has 0 spiro atoms. The topological polar surface area (TPSA) is 101 Å². The van der Waals surface area contributed by atoms with E-state index in [2.05, 4.69) is 29.5 Å². The van der Waals surface area contributed by atoms with Crippen LogP contribution in [0.4, 0.5) is 21.9 Å². The van der Waals surface area contributed by atoms with Crippen LogP contribution >= 0.6 is 11.6 Å². The van der Waals surface area contributed by atoms with Crippen molar-refractivity contribution < 1.29 is 19.1 Å². The summed E-state index contributed by atoms with van der Waals surface area (Å²) in [5, 5.41) is 5.85. The van der Waals surface area contributed by atoms with Crippen LogP contribution in [0.1, 0.15) is 62.8 Å². The highest BCUT2D eigenvalue weighted by atomic mass is 35.5. The van der Waals surface area contributed by atoms with E-state index in [1.807, 2.05) is 44.0 Å². The molecule has 0 bridgehead atoms. The van der Waals surface area contributed by atoms with E-state index in [0.29, 0.717) is 27.9 Å². The Kier molecular flexibility index (Phi) is 10.2. The fourth-order valence-corrected chi connectivity index (χ4v) is 4.74. The van der Waals surface area contributed by atoms with Crippen molar-refractivity contribution in [3.05, 3.63) is 70.5 Å². The molecule has 9 heteroatoms. The molecule has 41 heavy (non-hydrogen) atoms. The number of hydrogen-bond donors (Lipinski definition) is 2. The van der Waals surface area contributed by atoms with Gasteiger partial charge in [-0.25, -0.2) is 4.79 Å². The highest BCUT2D eigenvalue weighted by molar-refractivity contribution is 6.34. The van der Waals surface area contributed by atoms with Gasteiger partial charge < -0.3 is 15.0 Å². The summed E-state index contributed by atoms with van der Waals surface area (Å²) in [6.07, 6.45) is -1.07. The number of nitrogens with zero attached hydrogens (tertiary/aromatic N) is 2. The van der Waals surface area contributed by atoms with E-state index in [0.717, 1.165) is 29.1 Å². The second kappa shape index (κ2) is 13.2. The number of Topliss-reactive ketones (excluding diaryl/α,β-unsaturated/α-hetero) is 1. The average Bonchev–Trinajstić information content (AvgIpc) is 2.83. The summed E-state index contributed by atoms with van der Waals surface area (Å²) < 4.78 is 5.41. The fourth-order valence-electron chi connectivity index (χ4n) is 4.44. The summed E-state index contributed by atoms with van der Waals surface area (Å²) in [6.45, 7) is 14.0. The predicted molar refractivity (Wildman–Crippen MR) is 166 cm³/mol. The van der Waals surface area contributed by atoms with Crippen LogP contribution in [-0.4, -0.2) is 42.0 Å². The maximum Gasteiger partial charge on any atom is 0.412 e. The molecule has 2 N–H and O–H groups in total. The zero-order valence-electron chi connectivity index (χ0n) is 25.0. The van der Waals surface area contributed by atoms with Crippen molar-refractivity contribution in [3.63, 3.8) is 0 Å². The largest absolute Gasteiger partial charge is 0.444 e. The Hall–Kier alpha value is -3.91. The average molecular weight is 579 g/mol. The number of anilines is 3. The molecule has 0 unspecified atom stereocenters. The van der Waals surface area contributed by atoms with Gasteiger partial charge in [-0.05, 0) is 82.0 Å². The minimum atomic E-state index is -0.716. The monoisotopic (exact) mass is 578 g/mol. The van der Waals surface area contributed by atoms with Crippen LogP contribution in [0.15, 0.2) is 48.5 Å². The molecule has 218 valence electrons. The molecule has 0 saturated carbocycles. The SMILES string of the molecule is Cc1cc(-c2cccc(C(=O)CC(=O)Nc3cc(Cl)c(N(C)CC(C)C)cc3NC(=O)OC(C)(C)C)c2)cc(C)n1. The van der Waals surface area contributed by atoms with Gasteiger partial charge in [-0.3, -0.25) is 19.9 Å². The summed E-state index contributed by atoms with van der Waals surface area (Å²) in [6, 6.07) is 14.3. The number of benzene rings is 2. The predicted octanol–water partition coefficient (Wildman–Crippen LogP) is 7.67. The van der Waals surface area contributed by atoms with Crippen LogP contribution in [0.25, 0.3) is 11.1 Å². The Morgan fingerprint density at radius 3 is 2.20 bits per heavy atom. The van der Waals surface area contributed by atoms with E-state index in [-0.39, 0.29) is 11.5 Å². The van der Waals surface area contributed by atoms with E-state index in [1.54, 1.807) is 51.1 Å². The number of carbonyl (C=O) groups is 3. The summed E-state index contributed by atoms with van der Waals surface area (Å²) in [7, 11) is 1.90. The normalized spacial score (nSPS) is 11.3. The van der Waals surface area contributed by atoms with Crippen LogP contribution in [0.3, 0.4) is 0 Å². The number of hydrogen-bond acceptors (Lipinski definition) is 6. The number of aromatic nitrogens is 1. The Bertz CT molecular complexity index is 1430. The van der Waals surface area contributed by atoms with Gasteiger partial charge in [0.2, 0.25) is 5.91 Å². The van der Waals surface area contributed by atoms with Gasteiger partial charge in [0.15, 0.2) is 5.78 Å². The minimum Gasteiger partial charge on any atom is -0.444 e. The molecule has 2 amide bonds. The van der Waals surface area contributed by atoms with E-state index in [4.69, 9.17) is 16.3 Å². The first-order chi connectivity index (χ1) is 19.1. The smallest absolute Gasteiger partial charge is 0.412 e. The van der Waals surface area contributed by atoms with Crippen LogP contribution in [0.2, 0.25) is 5.02 Å². The molecule has 1 aromatic heterocycles. The molecule has 0 atom stereocenters. The molecule has 0 aliphatic carbocycles. The molecule has 8 nitrogen and oxygen atoms in total. The van der Waals surface area contributed by atoms with Crippen molar-refractivity contribution in [1.82, 2.24) is 4.98 Å². The molecule has 1 heterocycles. The third-order valence-electron chi connectivity index (χ3n) is 5.97. The molecular weight excluding hydrogens is 540 g/mol. The van der Waals surface area contributed by atoms with Crippen molar-refractivity contribution in [2.45, 2.75) is 60.5 Å². The second-order valence-electron chi connectivity index (χ2n) is 11.6. The summed E-state index contributed by atoms with van der Waals surface area (Å²) >= 11 is 6.60. The number of nitrogens with one attached hydrogen (secondary N) is 2. The maximum absolute atomic E-state index is 13.1. The first kappa shape index (κ1) is 31.6. The van der Waals surface area contributed by atoms with Crippen molar-refractivity contribution in [3.8, 4) is 11.1 Å². The lowest BCUT2D eigenvalue weighted by molar-refractivity contribution is -0.115. The fraction of sp³-hybridized carbons (Fsp3) is 0.375. The number of ether oxygens (including phenoxy) is 1. The highest BCUT2D eigenvalue weighted by Crippen LogP contribution is 2.36. The molecule has 0 aliphatic rings. The number of halogens is 1. The lowest BCUT2D eigenvalue weighted by atomic mass is 9.99. The van der Waals surface area contributed by atoms with E-state index in [1.165, 1.54) is 0 Å². The van der Waals surface area contributed by atoms with Crippen molar-refractivity contribution in [1.29, 1.82) is 0 Å². The Balaban J connectivity index is 1.84. The number of pyridine rings is 1. The Morgan fingerprint density at radius 2 is 1.59 bits per heavy atom. The number of ketones is 1. The molecule has 3 aromatic rings. The third kappa shape index (κ3) is 9.32. The zero-order valence-corrected chi connectivity index (χ0v) is 25.8. The van der Waals surface area contributed by atoms with E-state index < -0.39 is 24.0 Å². The van der Waals surface area contributed by atoms with Crippen molar-refractivity contribution in [2.24, 2.45) is 5.92 Å². The van der Waals surface area contributed by atoms with Crippen LogP contribution in [0, 0.1) is 19.8 Å². The Morgan fingerprint density at radius 1 is 0.951 bits per heavy atom. The third-order valence-corrected chi connectivity index (χ3v) is 6.27. The number of aryl methyl sites for hydroxylation is 2. The maximum atomic E-state index is 13.1. The van der Waals surface area contributed by atoms with Gasteiger partial charge in [-0.2, -0.15) is 0 Å². The van der Waals surface area contributed by atoms with Crippen LogP contribution in [0.5, 0.6) is 0 Å². The molecule has 0 fully saturated rings. The highest BCUT2D eigenvalue weighted by Gasteiger charge is 2.21. The molecule has 3 rings (SSSR count). The summed E-state index contributed by atoms with van der Waals surface area (Å²) in [4.78, 5) is 45.1. The van der Waals surface area contributed by atoms with Crippen molar-refractivity contribution in [2.75, 3.05) is 29.1 Å². The van der Waals surface area contributed by atoms with Crippen LogP contribution in [-0.2, 0) is 9.53 Å². The zero-order chi connectivity index (χ0) is 30.5. The molecule has 0 saturated heterocycles. The lowest BCUT2D eigenvalue weighted by Crippen LogP contribution is -2.28. The van der Waals surface area contributed by atoms with Gasteiger partial charge in [0.05, 0.1) is 28.5 Å². The van der Waals surface area contributed by atoms with Crippen molar-refractivity contribution >= 4 is 46.4 Å². The van der Waals surface area contributed by atoms with Gasteiger partial charge in [-0.15, -0.1) is 0 Å². The van der Waals surface area contributed by atoms with Gasteiger partial charge in [0.1, 0.15) is 5.60 Å². The first-order valence-corrected chi connectivity index (χ1v) is 13.9. The number of carbonyl (C=O) groups excluding carboxylic acids is 3. The second-order valence-corrected chi connectivity index (χ2v) is 12.0. The lowest BCUT2D eigenvalue weighted by Gasteiger charge is -2.25. The van der Waals surface area contributed by atoms with E-state index in [9.17, 15) is 14.4 Å². The molecule has 2 aromatic carbocycles. The molecule has 0 aliphatic heterocycles. The van der Waals surface area contributed by atoms with Crippen LogP contribution < -0.4 is 15.5 Å². The quantitative estimate of drug-likeness (QED) is 0.199. The van der Waals surface area contributed by atoms with Gasteiger partial charge in [0, 0.05) is 30.5 Å². The van der Waals surface area contributed by atoms with Gasteiger partial charge in [-0.1, -0.05) is 43.6 Å². The first-order valence-electron chi connectivity index (χ1n) is 13.5. The summed E-state index contributed by atoms with van der Waals surface area (Å²) in [5.74, 6) is -0.510. The van der Waals surface area contributed by atoms with E-state index >= 15 is 0 Å². The summed E-state index contributed by atoms with van der Waals surface area (Å²) in [5.41, 5.74) is 4.52. The van der Waals surface area contributed by atoms with Gasteiger partial charge >= 0.3 is 6.09 Å². The molecular formula is C32H39ClN4O4. The minimum absolute atomic E-state index is 0.261. The standard InChI is InChI=1S/C32H39ClN4O4/c1-19(2)18-37(8)28-16-27(36-31(40)41-32(5,6)7)26(15-25(28)33)35-30(39)17-29(38)23-11-9-10-22(14-23)24-12-20(3)34-21(4)13-24/h9-16,19H,17-18H2,1-8H3,(H,35,39)(H,36,40). The molecule has 0 radical (unpaired) electrons. The Labute approximate surface area is 247 Å².